The molecule has 1 aliphatic carbocycles. The quantitative estimate of drug-likeness (QED) is 0.642. The number of nitrogens with zero attached hydrogens (tertiary/aromatic N) is 1. The molecule has 29 heavy (non-hydrogen) atoms. The molecule has 0 radical (unpaired) electrons. The van der Waals surface area contributed by atoms with Crippen LogP contribution in [-0.2, 0) is 19.4 Å². The predicted molar refractivity (Wildman–Crippen MR) is 119 cm³/mol. The molecule has 1 aromatic carbocycles. The minimum absolute atomic E-state index is 0.181. The van der Waals surface area contributed by atoms with Gasteiger partial charge in [0.2, 0.25) is 0 Å². The van der Waals surface area contributed by atoms with E-state index in [1.165, 1.54) is 43.2 Å². The molecule has 1 saturated carbocycles. The van der Waals surface area contributed by atoms with Gasteiger partial charge in [-0.25, -0.2) is 0 Å². The van der Waals surface area contributed by atoms with E-state index < -0.39 is 0 Å². The number of carbonyl (C=O) groups excluding carboxylic acids is 1. The lowest BCUT2D eigenvalue weighted by molar-refractivity contribution is 0.0945. The van der Waals surface area contributed by atoms with Crippen LogP contribution >= 0.6 is 11.6 Å². The molecule has 0 atom stereocenters. The minimum Gasteiger partial charge on any atom is -0.379 e. The number of aromatic nitrogens is 1. The van der Waals surface area contributed by atoms with Crippen LogP contribution in [0.3, 0.4) is 0 Å². The molecule has 0 unspecified atom stereocenters. The molecule has 1 fully saturated rings. The first-order valence-corrected chi connectivity index (χ1v) is 11.3. The van der Waals surface area contributed by atoms with Crippen molar-refractivity contribution >= 4 is 23.1 Å². The second-order valence-corrected chi connectivity index (χ2v) is 8.75. The molecule has 2 aliphatic rings. The largest absolute Gasteiger partial charge is 0.379 e. The fourth-order valence-electron chi connectivity index (χ4n) is 4.58. The van der Waals surface area contributed by atoms with Crippen LogP contribution in [0.15, 0.2) is 30.5 Å². The first-order valence-electron chi connectivity index (χ1n) is 10.9. The number of nitrogens with one attached hydrogen (secondary N) is 2. The zero-order valence-corrected chi connectivity index (χ0v) is 17.7. The van der Waals surface area contributed by atoms with Gasteiger partial charge in [0.25, 0.3) is 0 Å². The Morgan fingerprint density at radius 2 is 1.93 bits per heavy atom. The summed E-state index contributed by atoms with van der Waals surface area (Å²) in [5, 5.41) is 7.72. The highest BCUT2D eigenvalue weighted by molar-refractivity contribution is 6.33. The lowest BCUT2D eigenvalue weighted by Crippen LogP contribution is -2.16. The highest BCUT2D eigenvalue weighted by atomic mass is 35.5. The van der Waals surface area contributed by atoms with Crippen LogP contribution in [0.5, 0.6) is 0 Å². The van der Waals surface area contributed by atoms with E-state index in [1.54, 1.807) is 0 Å². The highest BCUT2D eigenvalue weighted by Gasteiger charge is 2.19. The monoisotopic (exact) mass is 411 g/mol. The normalized spacial score (nSPS) is 17.4. The number of halogens is 1. The summed E-state index contributed by atoms with van der Waals surface area (Å²) >= 11 is 6.50. The van der Waals surface area contributed by atoms with Crippen molar-refractivity contribution in [2.75, 3.05) is 18.4 Å². The maximum atomic E-state index is 12.5. The smallest absolute Gasteiger partial charge is 0.181 e. The zero-order valence-electron chi connectivity index (χ0n) is 17.0. The van der Waals surface area contributed by atoms with Crippen LogP contribution in [0, 0.1) is 5.92 Å². The Balaban J connectivity index is 1.39. The lowest BCUT2D eigenvalue weighted by Gasteiger charge is -2.20. The first-order chi connectivity index (χ1) is 14.2. The summed E-state index contributed by atoms with van der Waals surface area (Å²) in [6.07, 6.45) is 10.7. The van der Waals surface area contributed by atoms with E-state index in [4.69, 9.17) is 11.6 Å². The molecule has 5 heteroatoms. The molecule has 2 aromatic rings. The Labute approximate surface area is 178 Å². The maximum absolute atomic E-state index is 12.5. The van der Waals surface area contributed by atoms with Crippen LogP contribution in [0.25, 0.3) is 0 Å². The van der Waals surface area contributed by atoms with Crippen molar-refractivity contribution in [3.63, 3.8) is 0 Å². The van der Waals surface area contributed by atoms with Crippen LogP contribution in [0.1, 0.15) is 65.7 Å². The third kappa shape index (κ3) is 5.18. The number of ketones is 1. The maximum Gasteiger partial charge on any atom is 0.181 e. The highest BCUT2D eigenvalue weighted by Crippen LogP contribution is 2.31. The van der Waals surface area contributed by atoms with E-state index in [0.29, 0.717) is 24.6 Å². The SMILES string of the molecule is O=C(CC1CCCCC1)c1ccc(CNc2c(Cl)ccc3c2CCNCC3)cn1. The Hall–Kier alpha value is -1.91. The molecule has 154 valence electrons. The van der Waals surface area contributed by atoms with Gasteiger partial charge >= 0.3 is 0 Å². The number of rotatable bonds is 6. The Morgan fingerprint density at radius 3 is 2.72 bits per heavy atom. The molecular formula is C24H30ClN3O. The van der Waals surface area contributed by atoms with Crippen molar-refractivity contribution in [3.8, 4) is 0 Å². The predicted octanol–water partition coefficient (Wildman–Crippen LogP) is 5.19. The van der Waals surface area contributed by atoms with Crippen LogP contribution in [0.2, 0.25) is 5.02 Å². The summed E-state index contributed by atoms with van der Waals surface area (Å²) in [6, 6.07) is 8.01. The molecule has 1 aliphatic heterocycles. The number of hydrogen-bond acceptors (Lipinski definition) is 4. The minimum atomic E-state index is 0.181. The van der Waals surface area contributed by atoms with Crippen molar-refractivity contribution in [2.24, 2.45) is 5.92 Å². The summed E-state index contributed by atoms with van der Waals surface area (Å²) in [7, 11) is 0. The summed E-state index contributed by atoms with van der Waals surface area (Å²) in [6.45, 7) is 2.63. The molecule has 4 nitrogen and oxygen atoms in total. The molecular weight excluding hydrogens is 382 g/mol. The molecule has 1 aromatic heterocycles. The number of hydrogen-bond donors (Lipinski definition) is 2. The molecule has 4 rings (SSSR count). The average Bonchev–Trinajstić information content (AvgIpc) is 3.00. The molecule has 2 N–H and O–H groups in total. The van der Waals surface area contributed by atoms with Gasteiger partial charge in [0.15, 0.2) is 5.78 Å². The van der Waals surface area contributed by atoms with E-state index >= 15 is 0 Å². The molecule has 0 saturated heterocycles. The third-order valence-corrected chi connectivity index (χ3v) is 6.58. The topological polar surface area (TPSA) is 54.0 Å². The van der Waals surface area contributed by atoms with E-state index in [-0.39, 0.29) is 5.78 Å². The van der Waals surface area contributed by atoms with E-state index in [9.17, 15) is 4.79 Å². The number of Topliss-reactive ketones (excluding diaryl/α,β-unsaturated/α-hetero) is 1. The van der Waals surface area contributed by atoms with Crippen molar-refractivity contribution < 1.29 is 4.79 Å². The zero-order chi connectivity index (χ0) is 20.1. The molecule has 2 heterocycles. The summed E-state index contributed by atoms with van der Waals surface area (Å²) in [5.41, 5.74) is 5.36. The Bertz CT molecular complexity index is 844. The van der Waals surface area contributed by atoms with Gasteiger partial charge in [0.1, 0.15) is 5.69 Å². The molecule has 0 spiro atoms. The number of pyridine rings is 1. The number of benzene rings is 1. The van der Waals surface area contributed by atoms with Crippen molar-refractivity contribution in [3.05, 3.63) is 57.9 Å². The van der Waals surface area contributed by atoms with Crippen molar-refractivity contribution in [1.29, 1.82) is 0 Å². The van der Waals surface area contributed by atoms with Crippen molar-refractivity contribution in [2.45, 2.75) is 57.9 Å². The summed E-state index contributed by atoms with van der Waals surface area (Å²) in [5.74, 6) is 0.727. The average molecular weight is 412 g/mol. The van der Waals surface area contributed by atoms with Gasteiger partial charge in [-0.2, -0.15) is 0 Å². The van der Waals surface area contributed by atoms with Crippen LogP contribution in [0.4, 0.5) is 5.69 Å². The van der Waals surface area contributed by atoms with Gasteiger partial charge in [-0.15, -0.1) is 0 Å². The summed E-state index contributed by atoms with van der Waals surface area (Å²) < 4.78 is 0. The standard InChI is InChI=1S/C24H30ClN3O/c25-21-8-7-19-10-12-26-13-11-20(19)24(21)28-16-18-6-9-22(27-15-18)23(29)14-17-4-2-1-3-5-17/h6-9,15,17,26,28H,1-5,10-14,16H2. The number of anilines is 1. The molecule has 0 amide bonds. The number of carbonyl (C=O) groups is 1. The van der Waals surface area contributed by atoms with E-state index in [1.807, 2.05) is 24.4 Å². The summed E-state index contributed by atoms with van der Waals surface area (Å²) in [4.78, 5) is 17.0. The first kappa shape index (κ1) is 20.4. The second kappa shape index (κ2) is 9.73. The van der Waals surface area contributed by atoms with Gasteiger partial charge < -0.3 is 10.6 Å². The fraction of sp³-hybridized carbons (Fsp3) is 0.500. The number of fused-ring (bicyclic) bond motifs is 1. The van der Waals surface area contributed by atoms with Gasteiger partial charge in [0.05, 0.1) is 10.7 Å². The van der Waals surface area contributed by atoms with Gasteiger partial charge in [-0.3, -0.25) is 9.78 Å². The van der Waals surface area contributed by atoms with Gasteiger partial charge in [0, 0.05) is 19.2 Å². The van der Waals surface area contributed by atoms with Crippen molar-refractivity contribution in [1.82, 2.24) is 10.3 Å². The van der Waals surface area contributed by atoms with E-state index in [0.717, 1.165) is 42.2 Å². The lowest BCUT2D eigenvalue weighted by atomic mass is 9.85. The Kier molecular flexibility index (Phi) is 6.83. The fourth-order valence-corrected chi connectivity index (χ4v) is 4.82. The van der Waals surface area contributed by atoms with Crippen LogP contribution in [-0.4, -0.2) is 23.9 Å². The Morgan fingerprint density at radius 1 is 1.10 bits per heavy atom. The van der Waals surface area contributed by atoms with Gasteiger partial charge in [-0.1, -0.05) is 55.8 Å². The third-order valence-electron chi connectivity index (χ3n) is 6.26. The molecule has 0 bridgehead atoms. The van der Waals surface area contributed by atoms with E-state index in [2.05, 4.69) is 21.7 Å². The van der Waals surface area contributed by atoms with Gasteiger partial charge in [-0.05, 0) is 60.7 Å². The van der Waals surface area contributed by atoms with Crippen LogP contribution < -0.4 is 10.6 Å². The second-order valence-electron chi connectivity index (χ2n) is 8.35.